The number of benzene rings is 1. The minimum absolute atomic E-state index is 0.277. The maximum absolute atomic E-state index is 5.92. The number of ether oxygens (including phenoxy) is 1. The van der Waals surface area contributed by atoms with E-state index < -0.39 is 0 Å². The van der Waals surface area contributed by atoms with E-state index in [-0.39, 0.29) is 6.10 Å². The average Bonchev–Trinajstić information content (AvgIpc) is 2.70. The monoisotopic (exact) mass is 288 g/mol. The van der Waals surface area contributed by atoms with Crippen molar-refractivity contribution in [1.82, 2.24) is 4.90 Å². The first kappa shape index (κ1) is 14.7. The van der Waals surface area contributed by atoms with Gasteiger partial charge >= 0.3 is 0 Å². The molecule has 1 aromatic rings. The average molecular weight is 288 g/mol. The largest absolute Gasteiger partial charge is 0.491 e. The second kappa shape index (κ2) is 6.27. The van der Waals surface area contributed by atoms with Crippen LogP contribution in [0.3, 0.4) is 0 Å². The summed E-state index contributed by atoms with van der Waals surface area (Å²) >= 11 is 0. The van der Waals surface area contributed by atoms with E-state index >= 15 is 0 Å². The summed E-state index contributed by atoms with van der Waals surface area (Å²) in [6.07, 6.45) is 6.59. The third-order valence-corrected chi connectivity index (χ3v) is 5.22. The van der Waals surface area contributed by atoms with Crippen LogP contribution in [0.15, 0.2) is 24.3 Å². The van der Waals surface area contributed by atoms with E-state index in [0.717, 1.165) is 24.3 Å². The van der Waals surface area contributed by atoms with Gasteiger partial charge in [0.1, 0.15) is 5.75 Å². The Morgan fingerprint density at radius 2 is 2.00 bits per heavy atom. The fraction of sp³-hybridized carbons (Fsp3) is 0.667. The molecule has 0 amide bonds. The molecule has 21 heavy (non-hydrogen) atoms. The fourth-order valence-corrected chi connectivity index (χ4v) is 3.74. The molecule has 0 spiro atoms. The fourth-order valence-electron chi connectivity index (χ4n) is 3.74. The van der Waals surface area contributed by atoms with Gasteiger partial charge in [-0.3, -0.25) is 0 Å². The lowest BCUT2D eigenvalue weighted by atomic mass is 9.98. The van der Waals surface area contributed by atoms with Gasteiger partial charge in [0.25, 0.3) is 0 Å². The molecule has 2 fully saturated rings. The van der Waals surface area contributed by atoms with E-state index in [1.165, 1.54) is 31.4 Å². The molecular formula is C18H28N2O. The number of hydrogen-bond acceptors (Lipinski definition) is 3. The standard InChI is InChI=1S/C18H28N2O/c1-4-13(2)21-18-7-5-6-14(12-18)19-15-10-16-8-9-17(11-15)20(16)3/h5-7,12-13,15-17,19H,4,8-11H2,1-3H3. The van der Waals surface area contributed by atoms with Gasteiger partial charge in [-0.1, -0.05) is 13.0 Å². The molecule has 1 aromatic carbocycles. The lowest BCUT2D eigenvalue weighted by Crippen LogP contribution is -2.44. The van der Waals surface area contributed by atoms with Crippen molar-refractivity contribution < 1.29 is 4.74 Å². The van der Waals surface area contributed by atoms with Gasteiger partial charge in [0.05, 0.1) is 6.10 Å². The van der Waals surface area contributed by atoms with Gasteiger partial charge in [-0.25, -0.2) is 0 Å². The van der Waals surface area contributed by atoms with Gasteiger partial charge in [0, 0.05) is 29.9 Å². The lowest BCUT2D eigenvalue weighted by molar-refractivity contribution is 0.169. The highest BCUT2D eigenvalue weighted by atomic mass is 16.5. The van der Waals surface area contributed by atoms with Gasteiger partial charge in [-0.05, 0) is 58.2 Å². The Hall–Kier alpha value is -1.22. The SMILES string of the molecule is CCC(C)Oc1cccc(NC2CC3CCC(C2)N3C)c1. The highest BCUT2D eigenvalue weighted by Gasteiger charge is 2.38. The van der Waals surface area contributed by atoms with Crippen LogP contribution < -0.4 is 10.1 Å². The summed E-state index contributed by atoms with van der Waals surface area (Å²) in [5.74, 6) is 0.977. The Kier molecular flexibility index (Phi) is 4.39. The molecule has 3 nitrogen and oxygen atoms in total. The van der Waals surface area contributed by atoms with Gasteiger partial charge in [0.2, 0.25) is 0 Å². The van der Waals surface area contributed by atoms with Crippen LogP contribution in [0.4, 0.5) is 5.69 Å². The molecule has 2 heterocycles. The Labute approximate surface area is 128 Å². The van der Waals surface area contributed by atoms with Crippen LogP contribution in [-0.2, 0) is 0 Å². The lowest BCUT2D eigenvalue weighted by Gasteiger charge is -2.37. The molecule has 0 saturated carbocycles. The molecule has 3 unspecified atom stereocenters. The molecular weight excluding hydrogens is 260 g/mol. The molecule has 2 aliphatic rings. The molecule has 116 valence electrons. The van der Waals surface area contributed by atoms with E-state index in [0.29, 0.717) is 6.04 Å². The number of nitrogens with zero attached hydrogens (tertiary/aromatic N) is 1. The van der Waals surface area contributed by atoms with Crippen molar-refractivity contribution in [3.8, 4) is 5.75 Å². The minimum atomic E-state index is 0.277. The van der Waals surface area contributed by atoms with Crippen molar-refractivity contribution in [1.29, 1.82) is 0 Å². The first-order chi connectivity index (χ1) is 10.2. The summed E-state index contributed by atoms with van der Waals surface area (Å²) in [7, 11) is 2.29. The van der Waals surface area contributed by atoms with E-state index in [1.54, 1.807) is 0 Å². The molecule has 2 saturated heterocycles. The molecule has 0 radical (unpaired) electrons. The third-order valence-electron chi connectivity index (χ3n) is 5.22. The predicted octanol–water partition coefficient (Wildman–Crippen LogP) is 3.90. The van der Waals surface area contributed by atoms with Crippen LogP contribution in [0.2, 0.25) is 0 Å². The zero-order valence-corrected chi connectivity index (χ0v) is 13.5. The van der Waals surface area contributed by atoms with Crippen molar-refractivity contribution in [2.24, 2.45) is 0 Å². The van der Waals surface area contributed by atoms with Gasteiger partial charge in [-0.2, -0.15) is 0 Å². The van der Waals surface area contributed by atoms with E-state index in [1.807, 2.05) is 0 Å². The van der Waals surface area contributed by atoms with Crippen molar-refractivity contribution in [2.45, 2.75) is 70.2 Å². The van der Waals surface area contributed by atoms with Crippen molar-refractivity contribution in [2.75, 3.05) is 12.4 Å². The number of hydrogen-bond donors (Lipinski definition) is 1. The first-order valence-corrected chi connectivity index (χ1v) is 8.41. The Balaban J connectivity index is 1.61. The maximum Gasteiger partial charge on any atom is 0.121 e. The number of rotatable bonds is 5. The topological polar surface area (TPSA) is 24.5 Å². The summed E-state index contributed by atoms with van der Waals surface area (Å²) in [4.78, 5) is 2.58. The molecule has 0 aliphatic carbocycles. The highest BCUT2D eigenvalue weighted by Crippen LogP contribution is 2.35. The third kappa shape index (κ3) is 3.34. The Morgan fingerprint density at radius 3 is 2.67 bits per heavy atom. The van der Waals surface area contributed by atoms with Crippen LogP contribution >= 0.6 is 0 Å². The molecule has 3 atom stereocenters. The van der Waals surface area contributed by atoms with E-state index in [9.17, 15) is 0 Å². The normalized spacial score (nSPS) is 30.1. The predicted molar refractivity (Wildman–Crippen MR) is 88.0 cm³/mol. The maximum atomic E-state index is 5.92. The van der Waals surface area contributed by atoms with E-state index in [4.69, 9.17) is 4.74 Å². The van der Waals surface area contributed by atoms with Crippen LogP contribution in [-0.4, -0.2) is 36.2 Å². The van der Waals surface area contributed by atoms with Crippen molar-refractivity contribution in [3.05, 3.63) is 24.3 Å². The van der Waals surface area contributed by atoms with Gasteiger partial charge in [-0.15, -0.1) is 0 Å². The van der Waals surface area contributed by atoms with Crippen molar-refractivity contribution >= 4 is 5.69 Å². The number of anilines is 1. The summed E-state index contributed by atoms with van der Waals surface area (Å²) < 4.78 is 5.92. The number of nitrogens with one attached hydrogen (secondary N) is 1. The summed E-state index contributed by atoms with van der Waals surface area (Å²) in [6, 6.07) is 10.6. The number of fused-ring (bicyclic) bond motifs is 2. The zero-order valence-electron chi connectivity index (χ0n) is 13.5. The number of piperidine rings is 1. The van der Waals surface area contributed by atoms with Gasteiger partial charge in [0.15, 0.2) is 0 Å². The van der Waals surface area contributed by atoms with Crippen LogP contribution in [0, 0.1) is 0 Å². The Bertz CT molecular complexity index is 462. The smallest absolute Gasteiger partial charge is 0.121 e. The molecule has 2 aliphatic heterocycles. The second-order valence-electron chi connectivity index (χ2n) is 6.73. The first-order valence-electron chi connectivity index (χ1n) is 8.41. The highest BCUT2D eigenvalue weighted by molar-refractivity contribution is 5.49. The van der Waals surface area contributed by atoms with Gasteiger partial charge < -0.3 is 15.0 Å². The van der Waals surface area contributed by atoms with Crippen LogP contribution in [0.25, 0.3) is 0 Å². The minimum Gasteiger partial charge on any atom is -0.491 e. The summed E-state index contributed by atoms with van der Waals surface area (Å²) in [5.41, 5.74) is 1.20. The van der Waals surface area contributed by atoms with Crippen molar-refractivity contribution in [3.63, 3.8) is 0 Å². The quantitative estimate of drug-likeness (QED) is 0.889. The van der Waals surface area contributed by atoms with E-state index in [2.05, 4.69) is 55.4 Å². The zero-order chi connectivity index (χ0) is 14.8. The molecule has 3 heteroatoms. The summed E-state index contributed by atoms with van der Waals surface area (Å²) in [5, 5.41) is 3.73. The molecule has 3 rings (SSSR count). The molecule has 0 aromatic heterocycles. The molecule has 1 N–H and O–H groups in total. The van der Waals surface area contributed by atoms with Crippen LogP contribution in [0.1, 0.15) is 46.0 Å². The summed E-state index contributed by atoms with van der Waals surface area (Å²) in [6.45, 7) is 4.27. The second-order valence-corrected chi connectivity index (χ2v) is 6.73. The van der Waals surface area contributed by atoms with Crippen LogP contribution in [0.5, 0.6) is 5.75 Å². The molecule has 2 bridgehead atoms. The Morgan fingerprint density at radius 1 is 1.29 bits per heavy atom.